The van der Waals surface area contributed by atoms with Crippen molar-refractivity contribution in [3.8, 4) is 0 Å². The highest BCUT2D eigenvalue weighted by Gasteiger charge is 2.21. The fourth-order valence-electron chi connectivity index (χ4n) is 3.15. The maximum Gasteiger partial charge on any atom is 0.0807 e. The van der Waals surface area contributed by atoms with Gasteiger partial charge in [-0.3, -0.25) is 0 Å². The summed E-state index contributed by atoms with van der Waals surface area (Å²) in [6.07, 6.45) is 5.71. The first kappa shape index (κ1) is 14.4. The van der Waals surface area contributed by atoms with E-state index in [1.54, 1.807) is 0 Å². The zero-order valence-electron chi connectivity index (χ0n) is 12.3. The van der Waals surface area contributed by atoms with E-state index in [0.717, 1.165) is 31.0 Å². The van der Waals surface area contributed by atoms with Crippen LogP contribution in [0.1, 0.15) is 57.6 Å². The van der Waals surface area contributed by atoms with Crippen LogP contribution in [0.5, 0.6) is 0 Å². The Morgan fingerprint density at radius 2 is 1.89 bits per heavy atom. The van der Waals surface area contributed by atoms with Gasteiger partial charge in [-0.2, -0.15) is 0 Å². The highest BCUT2D eigenvalue weighted by atomic mass is 16.3. The average molecular weight is 261 g/mol. The van der Waals surface area contributed by atoms with Gasteiger partial charge in [0.05, 0.1) is 6.10 Å². The average Bonchev–Trinajstić information content (AvgIpc) is 2.47. The summed E-state index contributed by atoms with van der Waals surface area (Å²) < 4.78 is 0. The molecule has 0 aliphatic carbocycles. The first-order valence-electron chi connectivity index (χ1n) is 7.78. The van der Waals surface area contributed by atoms with Crippen molar-refractivity contribution in [1.29, 1.82) is 0 Å². The first-order valence-corrected chi connectivity index (χ1v) is 7.78. The molecule has 0 aromatic heterocycles. The normalized spacial score (nSPS) is 18.6. The fourth-order valence-corrected chi connectivity index (χ4v) is 3.15. The molecule has 106 valence electrons. The van der Waals surface area contributed by atoms with E-state index in [2.05, 4.69) is 30.0 Å². The van der Waals surface area contributed by atoms with E-state index >= 15 is 0 Å². The van der Waals surface area contributed by atoms with E-state index in [4.69, 9.17) is 0 Å². The van der Waals surface area contributed by atoms with Crippen LogP contribution in [0.15, 0.2) is 24.3 Å². The molecule has 1 aliphatic heterocycles. The van der Waals surface area contributed by atoms with Gasteiger partial charge < -0.3 is 10.0 Å². The third-order valence-electron chi connectivity index (χ3n) is 4.33. The molecule has 1 fully saturated rings. The predicted molar refractivity (Wildman–Crippen MR) is 81.5 cm³/mol. The maximum absolute atomic E-state index is 10.2. The number of anilines is 1. The molecule has 19 heavy (non-hydrogen) atoms. The lowest BCUT2D eigenvalue weighted by Gasteiger charge is -2.35. The molecule has 1 N–H and O–H groups in total. The molecule has 2 rings (SSSR count). The van der Waals surface area contributed by atoms with Gasteiger partial charge in [-0.05, 0) is 31.2 Å². The van der Waals surface area contributed by atoms with Crippen LogP contribution in [-0.2, 0) is 0 Å². The first-order chi connectivity index (χ1) is 9.26. The third-order valence-corrected chi connectivity index (χ3v) is 4.33. The minimum absolute atomic E-state index is 0.329. The van der Waals surface area contributed by atoms with Crippen LogP contribution in [0.3, 0.4) is 0 Å². The van der Waals surface area contributed by atoms with Crippen LogP contribution in [0, 0.1) is 5.92 Å². The fraction of sp³-hybridized carbons (Fsp3) is 0.647. The van der Waals surface area contributed by atoms with Crippen molar-refractivity contribution in [2.75, 3.05) is 18.0 Å². The largest absolute Gasteiger partial charge is 0.388 e. The van der Waals surface area contributed by atoms with Crippen molar-refractivity contribution in [2.24, 2.45) is 5.92 Å². The van der Waals surface area contributed by atoms with Gasteiger partial charge in [0, 0.05) is 24.3 Å². The smallest absolute Gasteiger partial charge is 0.0807 e. The Bertz CT molecular complexity index is 383. The second-order valence-electron chi connectivity index (χ2n) is 5.70. The van der Waals surface area contributed by atoms with Crippen molar-refractivity contribution in [3.63, 3.8) is 0 Å². The van der Waals surface area contributed by atoms with Crippen molar-refractivity contribution in [1.82, 2.24) is 0 Å². The summed E-state index contributed by atoms with van der Waals surface area (Å²) in [4.78, 5) is 2.46. The van der Waals surface area contributed by atoms with Gasteiger partial charge in [0.25, 0.3) is 0 Å². The van der Waals surface area contributed by atoms with E-state index in [1.807, 2.05) is 13.0 Å². The lowest BCUT2D eigenvalue weighted by atomic mass is 9.91. The lowest BCUT2D eigenvalue weighted by Crippen LogP contribution is -2.34. The van der Waals surface area contributed by atoms with E-state index in [-0.39, 0.29) is 6.10 Å². The monoisotopic (exact) mass is 261 g/mol. The Morgan fingerprint density at radius 3 is 2.53 bits per heavy atom. The van der Waals surface area contributed by atoms with Gasteiger partial charge in [-0.25, -0.2) is 0 Å². The van der Waals surface area contributed by atoms with Crippen LogP contribution >= 0.6 is 0 Å². The number of rotatable bonds is 5. The highest BCUT2D eigenvalue weighted by Crippen LogP contribution is 2.32. The molecule has 0 amide bonds. The zero-order chi connectivity index (χ0) is 13.7. The second-order valence-corrected chi connectivity index (χ2v) is 5.70. The summed E-state index contributed by atoms with van der Waals surface area (Å²) in [5, 5.41) is 10.2. The molecule has 0 saturated carbocycles. The summed E-state index contributed by atoms with van der Waals surface area (Å²) in [5.41, 5.74) is 2.34. The molecule has 0 spiro atoms. The lowest BCUT2D eigenvalue weighted by molar-refractivity contribution is 0.174. The molecule has 1 aromatic carbocycles. The minimum Gasteiger partial charge on any atom is -0.388 e. The van der Waals surface area contributed by atoms with Crippen molar-refractivity contribution < 1.29 is 5.11 Å². The molecular formula is C17H27NO. The van der Waals surface area contributed by atoms with Crippen molar-refractivity contribution in [2.45, 2.75) is 52.1 Å². The molecule has 1 heterocycles. The second kappa shape index (κ2) is 6.95. The number of nitrogens with zero attached hydrogens (tertiary/aromatic N) is 1. The van der Waals surface area contributed by atoms with Gasteiger partial charge in [0.15, 0.2) is 0 Å². The summed E-state index contributed by atoms with van der Waals surface area (Å²) in [6, 6.07) is 8.34. The Labute approximate surface area is 117 Å². The minimum atomic E-state index is -0.329. The Kier molecular flexibility index (Phi) is 5.26. The van der Waals surface area contributed by atoms with Gasteiger partial charge in [0.1, 0.15) is 0 Å². The molecule has 2 heteroatoms. The molecule has 1 atom stereocenters. The number of hydrogen-bond donors (Lipinski definition) is 1. The topological polar surface area (TPSA) is 23.5 Å². The van der Waals surface area contributed by atoms with Gasteiger partial charge in [0.2, 0.25) is 0 Å². The Morgan fingerprint density at radius 1 is 1.21 bits per heavy atom. The number of aliphatic hydroxyl groups excluding tert-OH is 1. The Balaban J connectivity index is 2.07. The van der Waals surface area contributed by atoms with Crippen LogP contribution in [0.4, 0.5) is 5.69 Å². The van der Waals surface area contributed by atoms with Crippen LogP contribution in [0.25, 0.3) is 0 Å². The summed E-state index contributed by atoms with van der Waals surface area (Å²) in [6.45, 7) is 6.59. The van der Waals surface area contributed by atoms with E-state index < -0.39 is 0 Å². The highest BCUT2D eigenvalue weighted by molar-refractivity contribution is 5.54. The molecule has 1 aromatic rings. The van der Waals surface area contributed by atoms with E-state index in [9.17, 15) is 5.11 Å². The van der Waals surface area contributed by atoms with Crippen molar-refractivity contribution >= 4 is 5.69 Å². The van der Waals surface area contributed by atoms with Crippen molar-refractivity contribution in [3.05, 3.63) is 29.8 Å². The summed E-state index contributed by atoms with van der Waals surface area (Å²) in [7, 11) is 0. The molecular weight excluding hydrogens is 234 g/mol. The SMILES string of the molecule is CCCC1CCN(c2ccccc2C(O)CC)CC1. The molecule has 1 unspecified atom stereocenters. The number of hydrogen-bond acceptors (Lipinski definition) is 2. The van der Waals surface area contributed by atoms with E-state index in [1.165, 1.54) is 31.4 Å². The maximum atomic E-state index is 10.2. The molecule has 2 nitrogen and oxygen atoms in total. The van der Waals surface area contributed by atoms with Gasteiger partial charge in [-0.15, -0.1) is 0 Å². The standard InChI is InChI=1S/C17H27NO/c1-3-7-14-10-12-18(13-11-14)16-9-6-5-8-15(16)17(19)4-2/h5-6,8-9,14,17,19H,3-4,7,10-13H2,1-2H3. The van der Waals surface area contributed by atoms with Crippen LogP contribution in [-0.4, -0.2) is 18.2 Å². The zero-order valence-corrected chi connectivity index (χ0v) is 12.3. The molecule has 1 aliphatic rings. The number of aliphatic hydroxyl groups is 1. The van der Waals surface area contributed by atoms with Gasteiger partial charge >= 0.3 is 0 Å². The van der Waals surface area contributed by atoms with Crippen LogP contribution < -0.4 is 4.90 Å². The predicted octanol–water partition coefficient (Wildman–Crippen LogP) is 4.15. The quantitative estimate of drug-likeness (QED) is 0.861. The molecule has 0 radical (unpaired) electrons. The molecule has 0 bridgehead atoms. The summed E-state index contributed by atoms with van der Waals surface area (Å²) in [5.74, 6) is 0.907. The summed E-state index contributed by atoms with van der Waals surface area (Å²) >= 11 is 0. The Hall–Kier alpha value is -1.02. The molecule has 1 saturated heterocycles. The number of piperidine rings is 1. The third kappa shape index (κ3) is 3.50. The number of para-hydroxylation sites is 1. The number of benzene rings is 1. The van der Waals surface area contributed by atoms with E-state index in [0.29, 0.717) is 0 Å². The van der Waals surface area contributed by atoms with Crippen LogP contribution in [0.2, 0.25) is 0 Å². The van der Waals surface area contributed by atoms with Gasteiger partial charge in [-0.1, -0.05) is 44.9 Å².